The van der Waals surface area contributed by atoms with Gasteiger partial charge in [0.15, 0.2) is 0 Å². The van der Waals surface area contributed by atoms with E-state index in [0.717, 1.165) is 0 Å². The quantitative estimate of drug-likeness (QED) is 0.727. The number of aromatic hydroxyl groups is 1. The van der Waals surface area contributed by atoms with Crippen LogP contribution in [0.2, 0.25) is 10.0 Å². The van der Waals surface area contributed by atoms with Crippen molar-refractivity contribution in [3.63, 3.8) is 0 Å². The Hall–Kier alpha value is 0.400. The minimum atomic E-state index is -1.79. The second-order valence-electron chi connectivity index (χ2n) is 2.53. The van der Waals surface area contributed by atoms with Crippen LogP contribution >= 0.6 is 58.0 Å². The van der Waals surface area contributed by atoms with E-state index in [9.17, 15) is 5.11 Å². The lowest BCUT2D eigenvalue weighted by Crippen LogP contribution is -2.06. The van der Waals surface area contributed by atoms with Crippen LogP contribution < -0.4 is 0 Å². The lowest BCUT2D eigenvalue weighted by Gasteiger charge is -2.14. The first-order valence-electron chi connectivity index (χ1n) is 3.37. The molecule has 0 saturated heterocycles. The summed E-state index contributed by atoms with van der Waals surface area (Å²) >= 11 is 28.3. The molecule has 1 N–H and O–H groups in total. The fraction of sp³-hybridized carbons (Fsp3) is 0.286. The van der Waals surface area contributed by atoms with E-state index in [-0.39, 0.29) is 15.7 Å². The summed E-state index contributed by atoms with van der Waals surface area (Å²) in [5.74, 6) is -0.408. The zero-order valence-corrected chi connectivity index (χ0v) is 10.6. The second kappa shape index (κ2) is 4.11. The van der Waals surface area contributed by atoms with Crippen molar-refractivity contribution in [2.24, 2.45) is 0 Å². The molecule has 0 amide bonds. The SMILES string of the molecule is Cc1c(Cl)c(O)nc(C(Cl)(Cl)Cl)c1Cl. The van der Waals surface area contributed by atoms with Crippen LogP contribution in [0.3, 0.4) is 0 Å². The van der Waals surface area contributed by atoms with Crippen molar-refractivity contribution in [1.29, 1.82) is 0 Å². The van der Waals surface area contributed by atoms with Crippen molar-refractivity contribution >= 4 is 58.0 Å². The fourth-order valence-corrected chi connectivity index (χ4v) is 1.85. The molecule has 1 aromatic heterocycles. The predicted octanol–water partition coefficient (Wildman–Crippen LogP) is 4.23. The van der Waals surface area contributed by atoms with Crippen LogP contribution in [0.4, 0.5) is 0 Å². The molecule has 0 aliphatic carbocycles. The number of hydrogen-bond donors (Lipinski definition) is 1. The fourth-order valence-electron chi connectivity index (χ4n) is 0.834. The average Bonchev–Trinajstić information content (AvgIpc) is 2.06. The molecule has 0 fully saturated rings. The zero-order valence-electron chi connectivity index (χ0n) is 6.78. The van der Waals surface area contributed by atoms with E-state index in [2.05, 4.69) is 4.98 Å². The third kappa shape index (κ3) is 2.31. The van der Waals surface area contributed by atoms with Crippen LogP contribution in [0, 0.1) is 6.92 Å². The first kappa shape index (κ1) is 12.5. The molecular formula is C7H4Cl5NO. The lowest BCUT2D eigenvalue weighted by atomic mass is 10.2. The Morgan fingerprint density at radius 3 is 2.07 bits per heavy atom. The topological polar surface area (TPSA) is 33.1 Å². The van der Waals surface area contributed by atoms with Gasteiger partial charge in [0, 0.05) is 0 Å². The van der Waals surface area contributed by atoms with E-state index in [1.165, 1.54) is 0 Å². The van der Waals surface area contributed by atoms with E-state index >= 15 is 0 Å². The van der Waals surface area contributed by atoms with Gasteiger partial charge in [-0.15, -0.1) is 0 Å². The maximum absolute atomic E-state index is 9.29. The Morgan fingerprint density at radius 2 is 1.64 bits per heavy atom. The smallest absolute Gasteiger partial charge is 0.234 e. The molecule has 0 aromatic carbocycles. The lowest BCUT2D eigenvalue weighted by molar-refractivity contribution is 0.451. The van der Waals surface area contributed by atoms with E-state index in [1.54, 1.807) is 6.92 Å². The summed E-state index contributed by atoms with van der Waals surface area (Å²) in [6.07, 6.45) is 0. The van der Waals surface area contributed by atoms with Crippen molar-refractivity contribution in [2.75, 3.05) is 0 Å². The summed E-state index contributed by atoms with van der Waals surface area (Å²) in [6, 6.07) is 0. The summed E-state index contributed by atoms with van der Waals surface area (Å²) in [4.78, 5) is 3.60. The Bertz CT molecular complexity index is 373. The minimum Gasteiger partial charge on any atom is -0.492 e. The van der Waals surface area contributed by atoms with Gasteiger partial charge >= 0.3 is 0 Å². The number of rotatable bonds is 0. The van der Waals surface area contributed by atoms with Crippen molar-refractivity contribution in [3.05, 3.63) is 21.3 Å². The molecule has 2 nitrogen and oxygen atoms in total. The van der Waals surface area contributed by atoms with E-state index in [4.69, 9.17) is 58.0 Å². The number of aromatic nitrogens is 1. The van der Waals surface area contributed by atoms with Crippen LogP contribution in [0.1, 0.15) is 11.3 Å². The Balaban J connectivity index is 3.49. The molecule has 1 rings (SSSR count). The van der Waals surface area contributed by atoms with E-state index in [1.807, 2.05) is 0 Å². The van der Waals surface area contributed by atoms with E-state index < -0.39 is 9.67 Å². The minimum absolute atomic E-state index is 0.0384. The van der Waals surface area contributed by atoms with Gasteiger partial charge in [-0.25, -0.2) is 4.98 Å². The van der Waals surface area contributed by atoms with Gasteiger partial charge in [-0.1, -0.05) is 58.0 Å². The first-order chi connectivity index (χ1) is 6.25. The maximum atomic E-state index is 9.29. The molecule has 0 saturated carbocycles. The number of nitrogens with zero attached hydrogens (tertiary/aromatic N) is 1. The molecule has 0 bridgehead atoms. The van der Waals surface area contributed by atoms with Gasteiger partial charge in [-0.2, -0.15) is 0 Å². The molecular weight excluding hydrogens is 291 g/mol. The third-order valence-electron chi connectivity index (χ3n) is 1.55. The highest BCUT2D eigenvalue weighted by Gasteiger charge is 2.30. The highest BCUT2D eigenvalue weighted by molar-refractivity contribution is 6.67. The predicted molar refractivity (Wildman–Crippen MR) is 59.9 cm³/mol. The van der Waals surface area contributed by atoms with Crippen LogP contribution in [0.5, 0.6) is 5.88 Å². The number of alkyl halides is 3. The van der Waals surface area contributed by atoms with Crippen molar-refractivity contribution in [2.45, 2.75) is 10.7 Å². The second-order valence-corrected chi connectivity index (χ2v) is 5.57. The standard InChI is InChI=1S/C7H4Cl5NO/c1-2-3(8)5(7(10,11)12)13-6(14)4(2)9/h1H3,(H,13,14). The molecule has 0 aliphatic rings. The van der Waals surface area contributed by atoms with Gasteiger partial charge in [0.05, 0.1) is 5.02 Å². The van der Waals surface area contributed by atoms with Crippen molar-refractivity contribution < 1.29 is 5.11 Å². The normalized spacial score (nSPS) is 11.9. The molecule has 0 radical (unpaired) electrons. The Kier molecular flexibility index (Phi) is 3.66. The molecule has 0 aliphatic heterocycles. The third-order valence-corrected chi connectivity index (χ3v) is 3.00. The maximum Gasteiger partial charge on any atom is 0.234 e. The van der Waals surface area contributed by atoms with Gasteiger partial charge in [-0.3, -0.25) is 0 Å². The average molecular weight is 295 g/mol. The molecule has 7 heteroatoms. The zero-order chi connectivity index (χ0) is 11.1. The highest BCUT2D eigenvalue weighted by atomic mass is 35.6. The molecule has 0 atom stereocenters. The molecule has 0 unspecified atom stereocenters. The van der Waals surface area contributed by atoms with Gasteiger partial charge in [-0.05, 0) is 12.5 Å². The Labute approximate surface area is 106 Å². The number of halogens is 5. The van der Waals surface area contributed by atoms with Crippen LogP contribution in [-0.4, -0.2) is 10.1 Å². The highest BCUT2D eigenvalue weighted by Crippen LogP contribution is 2.44. The largest absolute Gasteiger partial charge is 0.492 e. The summed E-state index contributed by atoms with van der Waals surface area (Å²) in [5, 5.41) is 9.47. The van der Waals surface area contributed by atoms with Crippen molar-refractivity contribution in [1.82, 2.24) is 4.98 Å². The number of hydrogen-bond acceptors (Lipinski definition) is 2. The van der Waals surface area contributed by atoms with Gasteiger partial charge in [0.1, 0.15) is 10.7 Å². The van der Waals surface area contributed by atoms with Crippen LogP contribution in [-0.2, 0) is 3.79 Å². The number of pyridine rings is 1. The van der Waals surface area contributed by atoms with Gasteiger partial charge in [0.2, 0.25) is 9.67 Å². The summed E-state index contributed by atoms with van der Waals surface area (Å²) in [6.45, 7) is 1.59. The summed E-state index contributed by atoms with van der Waals surface area (Å²) in [5.41, 5.74) is 0.380. The van der Waals surface area contributed by atoms with E-state index in [0.29, 0.717) is 5.56 Å². The monoisotopic (exact) mass is 293 g/mol. The molecule has 1 heterocycles. The summed E-state index contributed by atoms with van der Waals surface area (Å²) < 4.78 is -1.79. The molecule has 1 aromatic rings. The molecule has 0 spiro atoms. The molecule has 14 heavy (non-hydrogen) atoms. The van der Waals surface area contributed by atoms with Gasteiger partial charge < -0.3 is 5.11 Å². The van der Waals surface area contributed by atoms with Crippen molar-refractivity contribution in [3.8, 4) is 5.88 Å². The van der Waals surface area contributed by atoms with Crippen LogP contribution in [0.15, 0.2) is 0 Å². The van der Waals surface area contributed by atoms with Crippen LogP contribution in [0.25, 0.3) is 0 Å². The van der Waals surface area contributed by atoms with Gasteiger partial charge in [0.25, 0.3) is 0 Å². The Morgan fingerprint density at radius 1 is 1.14 bits per heavy atom. The molecule has 78 valence electrons. The summed E-state index contributed by atoms with van der Waals surface area (Å²) in [7, 11) is 0. The first-order valence-corrected chi connectivity index (χ1v) is 5.26.